The fourth-order valence-electron chi connectivity index (χ4n) is 0.703. The van der Waals surface area contributed by atoms with E-state index in [0.29, 0.717) is 6.61 Å². The minimum atomic E-state index is 0.0712. The van der Waals surface area contributed by atoms with Crippen molar-refractivity contribution in [2.24, 2.45) is 0 Å². The third-order valence-corrected chi connectivity index (χ3v) is 2.14. The molecule has 0 fully saturated rings. The number of hydrogen-bond acceptors (Lipinski definition) is 3. The first-order valence-corrected chi connectivity index (χ1v) is 4.37. The van der Waals surface area contributed by atoms with E-state index in [-0.39, 0.29) is 12.4 Å². The summed E-state index contributed by atoms with van der Waals surface area (Å²) in [5, 5.41) is 1.89. The monoisotopic (exact) mass is 170 g/mol. The molecule has 0 aliphatic rings. The van der Waals surface area contributed by atoms with Crippen LogP contribution in [0.1, 0.15) is 16.6 Å². The Balaban J connectivity index is 2.43. The summed E-state index contributed by atoms with van der Waals surface area (Å²) in [4.78, 5) is 11.9. The molecule has 0 bridgehead atoms. The van der Waals surface area contributed by atoms with Crippen LogP contribution in [0.2, 0.25) is 0 Å². The third kappa shape index (κ3) is 2.44. The normalized spacial score (nSPS) is 9.91. The predicted molar refractivity (Wildman–Crippen MR) is 45.1 cm³/mol. The van der Waals surface area contributed by atoms with Gasteiger partial charge in [-0.15, -0.1) is 11.3 Å². The van der Waals surface area contributed by atoms with Crippen molar-refractivity contribution in [1.82, 2.24) is 0 Å². The van der Waals surface area contributed by atoms with Crippen molar-refractivity contribution in [2.45, 2.75) is 6.92 Å². The highest BCUT2D eigenvalue weighted by atomic mass is 32.1. The summed E-state index contributed by atoms with van der Waals surface area (Å²) in [6, 6.07) is 3.68. The number of hydrogen-bond donors (Lipinski definition) is 0. The molecule has 0 saturated heterocycles. The van der Waals surface area contributed by atoms with Crippen LogP contribution in [0.5, 0.6) is 0 Å². The van der Waals surface area contributed by atoms with E-state index in [9.17, 15) is 4.79 Å². The molecule has 1 heterocycles. The molecular weight excluding hydrogens is 160 g/mol. The van der Waals surface area contributed by atoms with E-state index in [2.05, 4.69) is 0 Å². The lowest BCUT2D eigenvalue weighted by molar-refractivity contribution is 0.0787. The SMILES string of the molecule is CCOCC(=O)c1cccs1. The number of ether oxygens (including phenoxy) is 1. The Bertz CT molecular complexity index is 216. The topological polar surface area (TPSA) is 26.3 Å². The van der Waals surface area contributed by atoms with Gasteiger partial charge in [0.2, 0.25) is 0 Å². The molecule has 0 aliphatic heterocycles. The van der Waals surface area contributed by atoms with Crippen LogP contribution in [-0.2, 0) is 4.74 Å². The van der Waals surface area contributed by atoms with Crippen LogP contribution in [0.4, 0.5) is 0 Å². The first kappa shape index (κ1) is 8.43. The van der Waals surface area contributed by atoms with Gasteiger partial charge in [-0.05, 0) is 18.4 Å². The van der Waals surface area contributed by atoms with E-state index < -0.39 is 0 Å². The van der Waals surface area contributed by atoms with Gasteiger partial charge in [0.15, 0.2) is 5.78 Å². The second-order valence-electron chi connectivity index (χ2n) is 2.04. The minimum Gasteiger partial charge on any atom is -0.374 e. The molecule has 1 aromatic heterocycles. The van der Waals surface area contributed by atoms with E-state index in [1.165, 1.54) is 11.3 Å². The molecule has 0 radical (unpaired) electrons. The van der Waals surface area contributed by atoms with Crippen molar-refractivity contribution in [3.8, 4) is 0 Å². The molecule has 0 atom stereocenters. The highest BCUT2D eigenvalue weighted by Crippen LogP contribution is 2.08. The van der Waals surface area contributed by atoms with Crippen molar-refractivity contribution in [3.05, 3.63) is 22.4 Å². The molecule has 11 heavy (non-hydrogen) atoms. The van der Waals surface area contributed by atoms with E-state index in [1.54, 1.807) is 0 Å². The van der Waals surface area contributed by atoms with Crippen molar-refractivity contribution in [3.63, 3.8) is 0 Å². The highest BCUT2D eigenvalue weighted by Gasteiger charge is 2.04. The van der Waals surface area contributed by atoms with Gasteiger partial charge >= 0.3 is 0 Å². The largest absolute Gasteiger partial charge is 0.374 e. The highest BCUT2D eigenvalue weighted by molar-refractivity contribution is 7.12. The molecule has 0 amide bonds. The summed E-state index contributed by atoms with van der Waals surface area (Å²) in [7, 11) is 0. The van der Waals surface area contributed by atoms with Crippen molar-refractivity contribution >= 4 is 17.1 Å². The van der Waals surface area contributed by atoms with Crippen LogP contribution in [-0.4, -0.2) is 19.0 Å². The first-order chi connectivity index (χ1) is 5.34. The van der Waals surface area contributed by atoms with E-state index in [4.69, 9.17) is 4.74 Å². The van der Waals surface area contributed by atoms with Crippen molar-refractivity contribution in [2.75, 3.05) is 13.2 Å². The second kappa shape index (κ2) is 4.26. The van der Waals surface area contributed by atoms with E-state index >= 15 is 0 Å². The summed E-state index contributed by atoms with van der Waals surface area (Å²) < 4.78 is 4.98. The van der Waals surface area contributed by atoms with E-state index in [1.807, 2.05) is 24.4 Å². The number of carbonyl (C=O) groups is 1. The number of Topliss-reactive ketones (excluding diaryl/α,β-unsaturated/α-hetero) is 1. The van der Waals surface area contributed by atoms with Gasteiger partial charge < -0.3 is 4.74 Å². The molecule has 60 valence electrons. The zero-order valence-electron chi connectivity index (χ0n) is 6.37. The molecule has 1 rings (SSSR count). The Hall–Kier alpha value is -0.670. The molecule has 0 aromatic carbocycles. The fourth-order valence-corrected chi connectivity index (χ4v) is 1.35. The molecule has 0 N–H and O–H groups in total. The molecule has 0 spiro atoms. The fraction of sp³-hybridized carbons (Fsp3) is 0.375. The minimum absolute atomic E-state index is 0.0712. The van der Waals surface area contributed by atoms with Gasteiger partial charge in [-0.25, -0.2) is 0 Å². The quantitative estimate of drug-likeness (QED) is 0.646. The Morgan fingerprint density at radius 2 is 2.55 bits per heavy atom. The standard InChI is InChI=1S/C8H10O2S/c1-2-10-6-7(9)8-4-3-5-11-8/h3-5H,2,6H2,1H3. The molecule has 0 aliphatic carbocycles. The van der Waals surface area contributed by atoms with Crippen molar-refractivity contribution < 1.29 is 9.53 Å². The van der Waals surface area contributed by atoms with Crippen LogP contribution in [0.15, 0.2) is 17.5 Å². The predicted octanol–water partition coefficient (Wildman–Crippen LogP) is 1.97. The lowest BCUT2D eigenvalue weighted by Crippen LogP contribution is -2.06. The summed E-state index contributed by atoms with van der Waals surface area (Å²) in [5.41, 5.74) is 0. The summed E-state index contributed by atoms with van der Waals surface area (Å²) in [6.07, 6.45) is 0. The second-order valence-corrected chi connectivity index (χ2v) is 2.99. The Labute approximate surface area is 69.8 Å². The zero-order valence-corrected chi connectivity index (χ0v) is 7.19. The Morgan fingerprint density at radius 1 is 1.73 bits per heavy atom. The number of thiophene rings is 1. The lowest BCUT2D eigenvalue weighted by atomic mass is 10.3. The number of carbonyl (C=O) groups excluding carboxylic acids is 1. The van der Waals surface area contributed by atoms with Gasteiger partial charge in [0.25, 0.3) is 0 Å². The van der Waals surface area contributed by atoms with Gasteiger partial charge in [-0.1, -0.05) is 6.07 Å². The number of ketones is 1. The van der Waals surface area contributed by atoms with Crippen LogP contribution >= 0.6 is 11.3 Å². The molecular formula is C8H10O2S. The van der Waals surface area contributed by atoms with Crippen LogP contribution < -0.4 is 0 Å². The van der Waals surface area contributed by atoms with Crippen LogP contribution in [0.3, 0.4) is 0 Å². The van der Waals surface area contributed by atoms with Gasteiger partial charge in [-0.2, -0.15) is 0 Å². The molecule has 3 heteroatoms. The van der Waals surface area contributed by atoms with Gasteiger partial charge in [0.05, 0.1) is 4.88 Å². The smallest absolute Gasteiger partial charge is 0.198 e. The number of rotatable bonds is 4. The maximum Gasteiger partial charge on any atom is 0.198 e. The van der Waals surface area contributed by atoms with E-state index in [0.717, 1.165) is 4.88 Å². The summed E-state index contributed by atoms with van der Waals surface area (Å²) in [5.74, 6) is 0.0712. The molecule has 0 saturated carbocycles. The van der Waals surface area contributed by atoms with Crippen LogP contribution in [0.25, 0.3) is 0 Å². The molecule has 1 aromatic rings. The van der Waals surface area contributed by atoms with Gasteiger partial charge in [0, 0.05) is 6.61 Å². The first-order valence-electron chi connectivity index (χ1n) is 3.49. The van der Waals surface area contributed by atoms with Crippen molar-refractivity contribution in [1.29, 1.82) is 0 Å². The summed E-state index contributed by atoms with van der Waals surface area (Å²) >= 11 is 1.45. The Morgan fingerprint density at radius 3 is 3.09 bits per heavy atom. The van der Waals surface area contributed by atoms with Gasteiger partial charge in [0.1, 0.15) is 6.61 Å². The Kier molecular flexibility index (Phi) is 3.26. The summed E-state index contributed by atoms with van der Waals surface area (Å²) in [6.45, 7) is 2.68. The van der Waals surface area contributed by atoms with Gasteiger partial charge in [-0.3, -0.25) is 4.79 Å². The average molecular weight is 170 g/mol. The van der Waals surface area contributed by atoms with Crippen LogP contribution in [0, 0.1) is 0 Å². The molecule has 2 nitrogen and oxygen atoms in total. The lowest BCUT2D eigenvalue weighted by Gasteiger charge is -1.96. The average Bonchev–Trinajstić information content (AvgIpc) is 2.52. The maximum absolute atomic E-state index is 11.2. The molecule has 0 unspecified atom stereocenters. The third-order valence-electron chi connectivity index (χ3n) is 1.23. The maximum atomic E-state index is 11.2. The zero-order chi connectivity index (χ0) is 8.10.